The minimum Gasteiger partial charge on any atom is -0.478 e. The molecule has 0 atom stereocenters. The Balaban J connectivity index is 1.55. The van der Waals surface area contributed by atoms with Gasteiger partial charge in [0.25, 0.3) is 0 Å². The van der Waals surface area contributed by atoms with E-state index in [1.54, 1.807) is 6.20 Å². The first-order valence-corrected chi connectivity index (χ1v) is 10.1. The van der Waals surface area contributed by atoms with Crippen molar-refractivity contribution in [1.29, 1.82) is 0 Å². The lowest BCUT2D eigenvalue weighted by Crippen LogP contribution is -2.36. The highest BCUT2D eigenvalue weighted by molar-refractivity contribution is 5.89. The Morgan fingerprint density at radius 1 is 1.14 bits per heavy atom. The van der Waals surface area contributed by atoms with Crippen molar-refractivity contribution in [2.24, 2.45) is 0 Å². The molecule has 1 aliphatic rings. The second-order valence-electron chi connectivity index (χ2n) is 7.46. The molecular weight excluding hydrogens is 366 g/mol. The van der Waals surface area contributed by atoms with Crippen molar-refractivity contribution in [3.05, 3.63) is 42.7 Å². The van der Waals surface area contributed by atoms with Gasteiger partial charge in [0, 0.05) is 43.1 Å². The number of pyridine rings is 3. The van der Waals surface area contributed by atoms with Crippen LogP contribution in [-0.2, 0) is 0 Å². The molecule has 1 fully saturated rings. The number of piperidine rings is 1. The van der Waals surface area contributed by atoms with E-state index in [2.05, 4.69) is 27.2 Å². The fourth-order valence-corrected chi connectivity index (χ4v) is 3.53. The van der Waals surface area contributed by atoms with Crippen molar-refractivity contribution in [2.75, 3.05) is 38.7 Å². The molecule has 2 N–H and O–H groups in total. The number of aliphatic hydroxyl groups is 1. The Morgan fingerprint density at radius 3 is 2.76 bits per heavy atom. The molecule has 7 heteroatoms. The van der Waals surface area contributed by atoms with Crippen LogP contribution in [0.2, 0.25) is 0 Å². The number of hydrogen-bond acceptors (Lipinski definition) is 7. The maximum absolute atomic E-state index is 8.84. The van der Waals surface area contributed by atoms with Crippen molar-refractivity contribution in [1.82, 2.24) is 19.9 Å². The zero-order valence-electron chi connectivity index (χ0n) is 16.7. The molecule has 7 nitrogen and oxygen atoms in total. The summed E-state index contributed by atoms with van der Waals surface area (Å²) in [7, 11) is 2.17. The molecule has 0 radical (unpaired) electrons. The van der Waals surface area contributed by atoms with Gasteiger partial charge in [-0.2, -0.15) is 0 Å². The number of aromatic nitrogens is 3. The highest BCUT2D eigenvalue weighted by atomic mass is 16.5. The molecule has 0 aromatic carbocycles. The maximum Gasteiger partial charge on any atom is 0.213 e. The Kier molecular flexibility index (Phi) is 6.17. The number of ether oxygens (including phenoxy) is 1. The first-order chi connectivity index (χ1) is 14.2. The highest BCUT2D eigenvalue weighted by Crippen LogP contribution is 2.26. The number of anilines is 1. The Bertz CT molecular complexity index is 940. The average molecular weight is 393 g/mol. The van der Waals surface area contributed by atoms with Crippen LogP contribution in [0.1, 0.15) is 19.3 Å². The summed E-state index contributed by atoms with van der Waals surface area (Å²) >= 11 is 0. The second-order valence-corrected chi connectivity index (χ2v) is 7.46. The monoisotopic (exact) mass is 393 g/mol. The van der Waals surface area contributed by atoms with E-state index in [0.29, 0.717) is 24.9 Å². The molecule has 0 aliphatic carbocycles. The van der Waals surface area contributed by atoms with Gasteiger partial charge in [-0.1, -0.05) is 0 Å². The summed E-state index contributed by atoms with van der Waals surface area (Å²) in [5, 5.41) is 12.5. The third kappa shape index (κ3) is 4.81. The van der Waals surface area contributed by atoms with Gasteiger partial charge in [-0.3, -0.25) is 4.98 Å². The van der Waals surface area contributed by atoms with Crippen LogP contribution < -0.4 is 10.1 Å². The molecule has 4 heterocycles. The molecule has 0 unspecified atom stereocenters. The van der Waals surface area contributed by atoms with Gasteiger partial charge in [-0.15, -0.1) is 0 Å². The van der Waals surface area contributed by atoms with Crippen LogP contribution in [-0.4, -0.2) is 64.4 Å². The summed E-state index contributed by atoms with van der Waals surface area (Å²) in [4.78, 5) is 16.1. The normalized spacial score (nSPS) is 15.5. The summed E-state index contributed by atoms with van der Waals surface area (Å²) in [6.07, 6.45) is 6.45. The molecule has 29 heavy (non-hydrogen) atoms. The molecule has 0 spiro atoms. The van der Waals surface area contributed by atoms with Gasteiger partial charge in [0.15, 0.2) is 0 Å². The first-order valence-electron chi connectivity index (χ1n) is 10.1. The summed E-state index contributed by atoms with van der Waals surface area (Å²) in [6, 6.07) is 10.2. The van der Waals surface area contributed by atoms with Gasteiger partial charge < -0.3 is 20.1 Å². The standard InChI is InChI=1S/C22H27N5O2/c1-27-11-8-17(9-12-27)25-20-7-10-23-19-5-4-18(26-22(19)20)16-3-6-21(24-15-16)29-14-2-13-28/h3-7,10,15,17,28H,2,8-9,11-14H2,1H3,(H,23,25). The van der Waals surface area contributed by atoms with E-state index in [1.807, 2.05) is 36.5 Å². The van der Waals surface area contributed by atoms with Crippen LogP contribution >= 0.6 is 0 Å². The van der Waals surface area contributed by atoms with E-state index < -0.39 is 0 Å². The van der Waals surface area contributed by atoms with Crippen molar-refractivity contribution < 1.29 is 9.84 Å². The smallest absolute Gasteiger partial charge is 0.213 e. The molecule has 0 saturated carbocycles. The topological polar surface area (TPSA) is 83.4 Å². The molecule has 1 aliphatic heterocycles. The van der Waals surface area contributed by atoms with Crippen LogP contribution in [0, 0.1) is 0 Å². The van der Waals surface area contributed by atoms with Crippen molar-refractivity contribution in [3.63, 3.8) is 0 Å². The third-order valence-electron chi connectivity index (χ3n) is 5.25. The van der Waals surface area contributed by atoms with Gasteiger partial charge >= 0.3 is 0 Å². The van der Waals surface area contributed by atoms with Crippen LogP contribution in [0.15, 0.2) is 42.7 Å². The maximum atomic E-state index is 8.84. The van der Waals surface area contributed by atoms with E-state index >= 15 is 0 Å². The van der Waals surface area contributed by atoms with Crippen molar-refractivity contribution >= 4 is 16.7 Å². The van der Waals surface area contributed by atoms with E-state index in [1.165, 1.54) is 0 Å². The largest absolute Gasteiger partial charge is 0.478 e. The lowest BCUT2D eigenvalue weighted by Gasteiger charge is -2.30. The fraction of sp³-hybridized carbons (Fsp3) is 0.409. The van der Waals surface area contributed by atoms with Crippen molar-refractivity contribution in [2.45, 2.75) is 25.3 Å². The van der Waals surface area contributed by atoms with E-state index in [-0.39, 0.29) is 6.61 Å². The Labute approximate surface area is 170 Å². The lowest BCUT2D eigenvalue weighted by atomic mass is 10.0. The second kappa shape index (κ2) is 9.15. The van der Waals surface area contributed by atoms with Gasteiger partial charge in [0.05, 0.1) is 23.5 Å². The highest BCUT2D eigenvalue weighted by Gasteiger charge is 2.17. The molecule has 0 amide bonds. The van der Waals surface area contributed by atoms with Gasteiger partial charge in [0.2, 0.25) is 5.88 Å². The van der Waals surface area contributed by atoms with Crippen LogP contribution in [0.3, 0.4) is 0 Å². The molecule has 152 valence electrons. The summed E-state index contributed by atoms with van der Waals surface area (Å²) in [5.74, 6) is 0.550. The fourth-order valence-electron chi connectivity index (χ4n) is 3.53. The van der Waals surface area contributed by atoms with Gasteiger partial charge in [-0.05, 0) is 57.2 Å². The molecule has 3 aromatic heterocycles. The molecular formula is C22H27N5O2. The van der Waals surface area contributed by atoms with Gasteiger partial charge in [0.1, 0.15) is 5.52 Å². The number of hydrogen-bond donors (Lipinski definition) is 2. The SMILES string of the molecule is CN1CCC(Nc2ccnc3ccc(-c4ccc(OCCCO)nc4)nc23)CC1. The minimum absolute atomic E-state index is 0.112. The average Bonchev–Trinajstić information content (AvgIpc) is 2.76. The van der Waals surface area contributed by atoms with Crippen LogP contribution in [0.4, 0.5) is 5.69 Å². The number of fused-ring (bicyclic) bond motifs is 1. The summed E-state index contributed by atoms with van der Waals surface area (Å²) in [6.45, 7) is 2.78. The quantitative estimate of drug-likeness (QED) is 0.597. The number of rotatable bonds is 7. The Morgan fingerprint density at radius 2 is 2.00 bits per heavy atom. The van der Waals surface area contributed by atoms with Crippen LogP contribution in [0.5, 0.6) is 5.88 Å². The van der Waals surface area contributed by atoms with E-state index in [4.69, 9.17) is 14.8 Å². The summed E-state index contributed by atoms with van der Waals surface area (Å²) in [5.41, 5.74) is 4.57. The molecule has 0 bridgehead atoms. The van der Waals surface area contributed by atoms with E-state index in [9.17, 15) is 0 Å². The first kappa shape index (κ1) is 19.5. The minimum atomic E-state index is 0.112. The number of nitrogens with zero attached hydrogens (tertiary/aromatic N) is 4. The zero-order valence-corrected chi connectivity index (χ0v) is 16.7. The lowest BCUT2D eigenvalue weighted by molar-refractivity contribution is 0.229. The third-order valence-corrected chi connectivity index (χ3v) is 5.25. The van der Waals surface area contributed by atoms with Crippen LogP contribution in [0.25, 0.3) is 22.3 Å². The summed E-state index contributed by atoms with van der Waals surface area (Å²) < 4.78 is 5.50. The molecule has 4 rings (SSSR count). The van der Waals surface area contributed by atoms with Crippen molar-refractivity contribution in [3.8, 4) is 17.1 Å². The number of nitrogens with one attached hydrogen (secondary N) is 1. The van der Waals surface area contributed by atoms with Gasteiger partial charge in [-0.25, -0.2) is 9.97 Å². The molecule has 1 saturated heterocycles. The predicted octanol–water partition coefficient (Wildman–Crippen LogP) is 2.96. The number of likely N-dealkylation sites (tertiary alicyclic amines) is 1. The molecule has 3 aromatic rings. The Hall–Kier alpha value is -2.77. The van der Waals surface area contributed by atoms with E-state index in [0.717, 1.165) is 53.9 Å². The zero-order chi connectivity index (χ0) is 20.1. The predicted molar refractivity (Wildman–Crippen MR) is 114 cm³/mol. The number of aliphatic hydroxyl groups excluding tert-OH is 1.